The maximum absolute atomic E-state index is 12.7. The molecule has 0 unspecified atom stereocenters. The largest absolute Gasteiger partial charge is 0.401 e. The Morgan fingerprint density at radius 2 is 2.21 bits per heavy atom. The summed E-state index contributed by atoms with van der Waals surface area (Å²) in [5, 5.41) is 16.4. The van der Waals surface area contributed by atoms with Crippen LogP contribution in [0.15, 0.2) is 32.2 Å². The van der Waals surface area contributed by atoms with Crippen LogP contribution in [0.4, 0.5) is 6.01 Å². The van der Waals surface area contributed by atoms with Crippen LogP contribution in [-0.4, -0.2) is 51.7 Å². The number of sulfonamides is 1. The average molecular weight is 437 g/mol. The van der Waals surface area contributed by atoms with Gasteiger partial charge in [-0.15, -0.1) is 16.4 Å². The molecule has 0 saturated carbocycles. The van der Waals surface area contributed by atoms with E-state index in [4.69, 9.17) is 4.42 Å². The summed E-state index contributed by atoms with van der Waals surface area (Å²) in [6, 6.07) is 5.04. The van der Waals surface area contributed by atoms with Crippen LogP contribution in [0.3, 0.4) is 0 Å². The first-order valence-electron chi connectivity index (χ1n) is 9.03. The minimum absolute atomic E-state index is 0.0258. The quantitative estimate of drug-likeness (QED) is 0.648. The number of carbonyl (C=O) groups excluding carboxylic acids is 1. The van der Waals surface area contributed by atoms with Gasteiger partial charge in [-0.2, -0.15) is 9.40 Å². The number of piperidine rings is 1. The molecule has 3 aromatic rings. The summed E-state index contributed by atoms with van der Waals surface area (Å²) in [5.41, 5.74) is 1.45. The van der Waals surface area contributed by atoms with E-state index in [1.54, 1.807) is 35.3 Å². The number of aromatic nitrogens is 4. The molecule has 154 valence electrons. The lowest BCUT2D eigenvalue weighted by Crippen LogP contribution is -2.43. The van der Waals surface area contributed by atoms with Crippen LogP contribution in [0.5, 0.6) is 0 Å². The van der Waals surface area contributed by atoms with Gasteiger partial charge in [-0.25, -0.2) is 8.42 Å². The Morgan fingerprint density at radius 3 is 2.90 bits per heavy atom. The number of anilines is 1. The molecule has 10 nitrogen and oxygen atoms in total. The van der Waals surface area contributed by atoms with E-state index in [2.05, 4.69) is 20.6 Å². The van der Waals surface area contributed by atoms with Gasteiger partial charge >= 0.3 is 6.01 Å². The van der Waals surface area contributed by atoms with Crippen LogP contribution in [-0.2, 0) is 21.9 Å². The summed E-state index contributed by atoms with van der Waals surface area (Å²) in [5.74, 6) is -0.589. The standard InChI is InChI=1S/C17H20N6O4S2/c1-11-9-13(22(2)21-11)16-19-20-17(27-16)18-15(24)12-5-3-7-23(10-12)29(25,26)14-6-4-8-28-14/h4,6,8-9,12H,3,5,7,10H2,1-2H3,(H,18,20,24)/t12-/m0/s1. The van der Waals surface area contributed by atoms with Gasteiger partial charge in [0.1, 0.15) is 9.90 Å². The van der Waals surface area contributed by atoms with Crippen LogP contribution >= 0.6 is 11.3 Å². The van der Waals surface area contributed by atoms with E-state index >= 15 is 0 Å². The zero-order chi connectivity index (χ0) is 20.6. The molecule has 1 atom stereocenters. The molecule has 1 saturated heterocycles. The summed E-state index contributed by atoms with van der Waals surface area (Å²) in [7, 11) is -1.82. The molecule has 0 radical (unpaired) electrons. The molecule has 4 heterocycles. The predicted octanol–water partition coefficient (Wildman–Crippen LogP) is 1.88. The van der Waals surface area contributed by atoms with Gasteiger partial charge in [0.2, 0.25) is 5.91 Å². The van der Waals surface area contributed by atoms with Crippen molar-refractivity contribution in [2.75, 3.05) is 18.4 Å². The Morgan fingerprint density at radius 1 is 1.38 bits per heavy atom. The first kappa shape index (κ1) is 19.7. The summed E-state index contributed by atoms with van der Waals surface area (Å²) in [6.45, 7) is 2.37. The molecule has 0 spiro atoms. The van der Waals surface area contributed by atoms with Gasteiger partial charge in [-0.3, -0.25) is 14.8 Å². The van der Waals surface area contributed by atoms with E-state index in [9.17, 15) is 13.2 Å². The van der Waals surface area contributed by atoms with Gasteiger partial charge in [-0.05, 0) is 37.3 Å². The Hall–Kier alpha value is -2.57. The van der Waals surface area contributed by atoms with Gasteiger partial charge in [-0.1, -0.05) is 11.2 Å². The van der Waals surface area contributed by atoms with E-state index < -0.39 is 15.9 Å². The smallest absolute Gasteiger partial charge is 0.322 e. The molecule has 3 aromatic heterocycles. The molecule has 29 heavy (non-hydrogen) atoms. The van der Waals surface area contributed by atoms with Crippen molar-refractivity contribution in [1.82, 2.24) is 24.3 Å². The van der Waals surface area contributed by atoms with Gasteiger partial charge < -0.3 is 4.42 Å². The SMILES string of the molecule is Cc1cc(-c2nnc(NC(=O)[C@H]3CCCN(S(=O)(=O)c4cccs4)C3)o2)n(C)n1. The summed E-state index contributed by atoms with van der Waals surface area (Å²) < 4.78 is 34.2. The van der Waals surface area contributed by atoms with E-state index in [-0.39, 0.29) is 28.6 Å². The van der Waals surface area contributed by atoms with Crippen molar-refractivity contribution in [3.05, 3.63) is 29.3 Å². The van der Waals surface area contributed by atoms with Crippen LogP contribution in [0.1, 0.15) is 18.5 Å². The highest BCUT2D eigenvalue weighted by Gasteiger charge is 2.34. The first-order chi connectivity index (χ1) is 13.8. The summed E-state index contributed by atoms with van der Waals surface area (Å²) >= 11 is 1.17. The van der Waals surface area contributed by atoms with Crippen LogP contribution in [0.25, 0.3) is 11.6 Å². The lowest BCUT2D eigenvalue weighted by Gasteiger charge is -2.30. The third kappa shape index (κ3) is 3.95. The summed E-state index contributed by atoms with van der Waals surface area (Å²) in [6.07, 6.45) is 1.19. The number of amides is 1. The van der Waals surface area contributed by atoms with Gasteiger partial charge in [0.15, 0.2) is 0 Å². The molecule has 0 bridgehead atoms. The average Bonchev–Trinajstić information content (AvgIpc) is 3.43. The Labute approximate surface area is 171 Å². The summed E-state index contributed by atoms with van der Waals surface area (Å²) in [4.78, 5) is 12.7. The van der Waals surface area contributed by atoms with Crippen molar-refractivity contribution in [3.63, 3.8) is 0 Å². The molecule has 1 N–H and O–H groups in total. The second-order valence-electron chi connectivity index (χ2n) is 6.83. The molecule has 4 rings (SSSR count). The van der Waals surface area contributed by atoms with Crippen LogP contribution in [0, 0.1) is 12.8 Å². The molecule has 12 heteroatoms. The number of carbonyl (C=O) groups is 1. The fourth-order valence-corrected chi connectivity index (χ4v) is 5.98. The second kappa shape index (κ2) is 7.69. The van der Waals surface area contributed by atoms with Crippen molar-refractivity contribution in [2.45, 2.75) is 24.0 Å². The van der Waals surface area contributed by atoms with Crippen molar-refractivity contribution >= 4 is 33.3 Å². The molecule has 0 aliphatic carbocycles. The van der Waals surface area contributed by atoms with E-state index in [1.165, 1.54) is 15.6 Å². The number of nitrogens with zero attached hydrogens (tertiary/aromatic N) is 5. The number of hydrogen-bond donors (Lipinski definition) is 1. The Kier molecular flexibility index (Phi) is 5.23. The van der Waals surface area contributed by atoms with Gasteiger partial charge in [0.25, 0.3) is 15.9 Å². The van der Waals surface area contributed by atoms with Crippen molar-refractivity contribution < 1.29 is 17.6 Å². The number of aryl methyl sites for hydroxylation is 2. The van der Waals surface area contributed by atoms with Crippen molar-refractivity contribution in [1.29, 1.82) is 0 Å². The predicted molar refractivity (Wildman–Crippen MR) is 106 cm³/mol. The molecule has 1 fully saturated rings. The minimum Gasteiger partial charge on any atom is -0.401 e. The fraction of sp³-hybridized carbons (Fsp3) is 0.412. The lowest BCUT2D eigenvalue weighted by molar-refractivity contribution is -0.121. The first-order valence-corrected chi connectivity index (χ1v) is 11.4. The highest BCUT2D eigenvalue weighted by molar-refractivity contribution is 7.91. The molecule has 1 aliphatic rings. The molecule has 1 aliphatic heterocycles. The zero-order valence-corrected chi connectivity index (χ0v) is 17.5. The maximum atomic E-state index is 12.7. The van der Waals surface area contributed by atoms with Crippen LogP contribution in [0.2, 0.25) is 0 Å². The van der Waals surface area contributed by atoms with Gasteiger partial charge in [0, 0.05) is 20.1 Å². The third-order valence-electron chi connectivity index (χ3n) is 4.72. The highest BCUT2D eigenvalue weighted by atomic mass is 32.2. The molecular weight excluding hydrogens is 416 g/mol. The minimum atomic E-state index is -3.58. The number of nitrogens with one attached hydrogen (secondary N) is 1. The lowest BCUT2D eigenvalue weighted by atomic mass is 9.99. The topological polar surface area (TPSA) is 123 Å². The van der Waals surface area contributed by atoms with E-state index in [1.807, 2.05) is 6.92 Å². The Balaban J connectivity index is 1.44. The highest BCUT2D eigenvalue weighted by Crippen LogP contribution is 2.27. The molecule has 1 amide bonds. The maximum Gasteiger partial charge on any atom is 0.322 e. The Bertz CT molecular complexity index is 1120. The van der Waals surface area contributed by atoms with Crippen molar-refractivity contribution in [2.24, 2.45) is 13.0 Å². The third-order valence-corrected chi connectivity index (χ3v) is 7.96. The van der Waals surface area contributed by atoms with Crippen molar-refractivity contribution in [3.8, 4) is 11.6 Å². The normalized spacial score (nSPS) is 18.1. The zero-order valence-electron chi connectivity index (χ0n) is 15.9. The fourth-order valence-electron chi connectivity index (χ4n) is 3.31. The number of thiophene rings is 1. The molecule has 0 aromatic carbocycles. The second-order valence-corrected chi connectivity index (χ2v) is 9.94. The molecular formula is C17H20N6O4S2. The number of hydrogen-bond acceptors (Lipinski definition) is 8. The van der Waals surface area contributed by atoms with E-state index in [0.29, 0.717) is 25.1 Å². The number of rotatable bonds is 5. The van der Waals surface area contributed by atoms with E-state index in [0.717, 1.165) is 5.69 Å². The van der Waals surface area contributed by atoms with Crippen LogP contribution < -0.4 is 5.32 Å². The monoisotopic (exact) mass is 436 g/mol. The van der Waals surface area contributed by atoms with Gasteiger partial charge in [0.05, 0.1) is 11.6 Å².